The van der Waals surface area contributed by atoms with Gasteiger partial charge in [0.25, 0.3) is 0 Å². The van der Waals surface area contributed by atoms with E-state index in [1.165, 1.54) is 44.9 Å². The highest BCUT2D eigenvalue weighted by atomic mass is 14.9. The van der Waals surface area contributed by atoms with E-state index in [1.807, 2.05) is 6.92 Å². The Hall–Kier alpha value is -0.480. The number of hydrogen-bond donors (Lipinski definition) is 1. The summed E-state index contributed by atoms with van der Waals surface area (Å²) in [5, 5.41) is 3.63. The Kier molecular flexibility index (Phi) is 7.34. The zero-order valence-electron chi connectivity index (χ0n) is 11.0. The largest absolute Gasteiger partial charge is 0.313 e. The molecular weight excluding hydrogens is 194 g/mol. The fourth-order valence-electron chi connectivity index (χ4n) is 2.77. The predicted octanol–water partition coefficient (Wildman–Crippen LogP) is 3.74. The van der Waals surface area contributed by atoms with E-state index in [1.54, 1.807) is 0 Å². The predicted molar refractivity (Wildman–Crippen MR) is 71.3 cm³/mol. The average molecular weight is 221 g/mol. The van der Waals surface area contributed by atoms with Gasteiger partial charge in [0.1, 0.15) is 0 Å². The maximum atomic E-state index is 3.63. The van der Waals surface area contributed by atoms with Crippen LogP contribution in [0.15, 0.2) is 0 Å². The molecule has 0 aromatic heterocycles. The van der Waals surface area contributed by atoms with Gasteiger partial charge in [0.2, 0.25) is 0 Å². The Morgan fingerprint density at radius 1 is 1.12 bits per heavy atom. The van der Waals surface area contributed by atoms with Gasteiger partial charge in [0.05, 0.1) is 0 Å². The molecule has 1 saturated carbocycles. The van der Waals surface area contributed by atoms with Gasteiger partial charge in [0.15, 0.2) is 0 Å². The Bertz CT molecular complexity index is 215. The monoisotopic (exact) mass is 221 g/mol. The fraction of sp³-hybridized carbons (Fsp3) is 0.867. The van der Waals surface area contributed by atoms with Gasteiger partial charge in [-0.1, -0.05) is 39.0 Å². The Labute approximate surface area is 101 Å². The van der Waals surface area contributed by atoms with Crippen LogP contribution in [0.5, 0.6) is 0 Å². The topological polar surface area (TPSA) is 12.0 Å². The summed E-state index contributed by atoms with van der Waals surface area (Å²) >= 11 is 0. The van der Waals surface area contributed by atoms with Gasteiger partial charge in [-0.15, -0.1) is 11.8 Å². The third kappa shape index (κ3) is 5.03. The lowest BCUT2D eigenvalue weighted by Gasteiger charge is -2.28. The number of nitrogens with one attached hydrogen (secondary N) is 1. The summed E-state index contributed by atoms with van der Waals surface area (Å²) in [5.74, 6) is 7.15. The molecule has 1 heteroatoms. The highest BCUT2D eigenvalue weighted by Gasteiger charge is 2.20. The molecule has 0 aromatic carbocycles. The van der Waals surface area contributed by atoms with Crippen molar-refractivity contribution in [1.82, 2.24) is 5.32 Å². The molecule has 0 radical (unpaired) electrons. The van der Waals surface area contributed by atoms with E-state index in [-0.39, 0.29) is 0 Å². The standard InChI is InChI=1S/C15H27N/c1-3-5-13-15(16-4-2)14-11-9-7-6-8-10-12-14/h14-16H,4,6-13H2,1-2H3. The van der Waals surface area contributed by atoms with E-state index >= 15 is 0 Å². The van der Waals surface area contributed by atoms with Crippen molar-refractivity contribution in [3.8, 4) is 11.8 Å². The second-order valence-electron chi connectivity index (χ2n) is 4.90. The number of rotatable bonds is 4. The van der Waals surface area contributed by atoms with Gasteiger partial charge < -0.3 is 5.32 Å². The van der Waals surface area contributed by atoms with Gasteiger partial charge in [-0.25, -0.2) is 0 Å². The summed E-state index contributed by atoms with van der Waals surface area (Å²) in [6.07, 6.45) is 11.0. The smallest absolute Gasteiger partial charge is 0.0245 e. The maximum absolute atomic E-state index is 3.63. The van der Waals surface area contributed by atoms with Crippen LogP contribution in [0.25, 0.3) is 0 Å². The normalized spacial score (nSPS) is 20.4. The van der Waals surface area contributed by atoms with Crippen LogP contribution < -0.4 is 5.32 Å². The molecular formula is C15H27N. The third-order valence-electron chi connectivity index (χ3n) is 3.68. The average Bonchev–Trinajstić information content (AvgIpc) is 2.24. The van der Waals surface area contributed by atoms with Crippen LogP contribution in [0.4, 0.5) is 0 Å². The van der Waals surface area contributed by atoms with Gasteiger partial charge in [-0.05, 0) is 32.2 Å². The molecule has 0 bridgehead atoms. The second kappa shape index (κ2) is 8.65. The quantitative estimate of drug-likeness (QED) is 0.713. The van der Waals surface area contributed by atoms with Crippen molar-refractivity contribution in [1.29, 1.82) is 0 Å². The van der Waals surface area contributed by atoms with Crippen LogP contribution in [-0.4, -0.2) is 12.6 Å². The highest BCUT2D eigenvalue weighted by molar-refractivity contribution is 4.99. The van der Waals surface area contributed by atoms with Crippen molar-refractivity contribution in [3.05, 3.63) is 0 Å². The van der Waals surface area contributed by atoms with E-state index in [4.69, 9.17) is 0 Å². The molecule has 92 valence electrons. The van der Waals surface area contributed by atoms with Crippen molar-refractivity contribution >= 4 is 0 Å². The molecule has 0 aromatic rings. The first kappa shape index (κ1) is 13.6. The highest BCUT2D eigenvalue weighted by Crippen LogP contribution is 2.26. The summed E-state index contributed by atoms with van der Waals surface area (Å²) in [6.45, 7) is 5.23. The van der Waals surface area contributed by atoms with Crippen LogP contribution in [0.1, 0.15) is 65.2 Å². The Morgan fingerprint density at radius 3 is 2.31 bits per heavy atom. The minimum absolute atomic E-state index is 0.635. The third-order valence-corrected chi connectivity index (χ3v) is 3.68. The molecule has 1 rings (SSSR count). The van der Waals surface area contributed by atoms with Crippen LogP contribution in [0, 0.1) is 17.8 Å². The SMILES string of the molecule is CC#CCC(NCC)C1CCCCCCC1. The first-order valence-electron chi connectivity index (χ1n) is 7.01. The summed E-state index contributed by atoms with van der Waals surface area (Å²) in [7, 11) is 0. The van der Waals surface area contributed by atoms with Gasteiger partial charge in [-0.3, -0.25) is 0 Å². The van der Waals surface area contributed by atoms with Crippen molar-refractivity contribution in [2.24, 2.45) is 5.92 Å². The van der Waals surface area contributed by atoms with E-state index in [9.17, 15) is 0 Å². The number of hydrogen-bond acceptors (Lipinski definition) is 1. The summed E-state index contributed by atoms with van der Waals surface area (Å²) in [4.78, 5) is 0. The van der Waals surface area contributed by atoms with Crippen LogP contribution >= 0.6 is 0 Å². The maximum Gasteiger partial charge on any atom is 0.0245 e. The van der Waals surface area contributed by atoms with E-state index < -0.39 is 0 Å². The van der Waals surface area contributed by atoms with Crippen LogP contribution in [0.3, 0.4) is 0 Å². The lowest BCUT2D eigenvalue weighted by atomic mass is 9.84. The lowest BCUT2D eigenvalue weighted by molar-refractivity contribution is 0.290. The second-order valence-corrected chi connectivity index (χ2v) is 4.90. The van der Waals surface area contributed by atoms with Gasteiger partial charge in [-0.2, -0.15) is 0 Å². The van der Waals surface area contributed by atoms with E-state index in [2.05, 4.69) is 24.1 Å². The van der Waals surface area contributed by atoms with Crippen molar-refractivity contribution < 1.29 is 0 Å². The molecule has 1 N–H and O–H groups in total. The first-order valence-corrected chi connectivity index (χ1v) is 7.01. The van der Waals surface area contributed by atoms with Crippen LogP contribution in [-0.2, 0) is 0 Å². The molecule has 0 heterocycles. The first-order chi connectivity index (χ1) is 7.88. The van der Waals surface area contributed by atoms with E-state index in [0.717, 1.165) is 18.9 Å². The minimum Gasteiger partial charge on any atom is -0.313 e. The summed E-state index contributed by atoms with van der Waals surface area (Å²) < 4.78 is 0. The Balaban J connectivity index is 2.46. The molecule has 1 atom stereocenters. The van der Waals surface area contributed by atoms with Crippen molar-refractivity contribution in [2.45, 2.75) is 71.3 Å². The summed E-state index contributed by atoms with van der Waals surface area (Å²) in [6, 6.07) is 0.635. The molecule has 1 aliphatic rings. The molecule has 0 spiro atoms. The zero-order valence-corrected chi connectivity index (χ0v) is 11.0. The summed E-state index contributed by atoms with van der Waals surface area (Å²) in [5.41, 5.74) is 0. The molecule has 1 fully saturated rings. The van der Waals surface area contributed by atoms with Gasteiger partial charge in [0, 0.05) is 12.5 Å². The molecule has 1 unspecified atom stereocenters. The fourth-order valence-corrected chi connectivity index (χ4v) is 2.77. The molecule has 1 aliphatic carbocycles. The van der Waals surface area contributed by atoms with E-state index in [0.29, 0.717) is 6.04 Å². The zero-order chi connectivity index (χ0) is 11.6. The Morgan fingerprint density at radius 2 is 1.75 bits per heavy atom. The molecule has 0 aliphatic heterocycles. The molecule has 16 heavy (non-hydrogen) atoms. The van der Waals surface area contributed by atoms with Crippen molar-refractivity contribution in [2.75, 3.05) is 6.54 Å². The molecule has 1 nitrogen and oxygen atoms in total. The van der Waals surface area contributed by atoms with Crippen molar-refractivity contribution in [3.63, 3.8) is 0 Å². The lowest BCUT2D eigenvalue weighted by Crippen LogP contribution is -2.36. The molecule has 0 saturated heterocycles. The van der Waals surface area contributed by atoms with Gasteiger partial charge >= 0.3 is 0 Å². The molecule has 0 amide bonds. The minimum atomic E-state index is 0.635. The van der Waals surface area contributed by atoms with Crippen LogP contribution in [0.2, 0.25) is 0 Å².